The number of carbonyl (C=O) groups excluding carboxylic acids is 3. The Hall–Kier alpha value is -4.62. The third-order valence-electron chi connectivity index (χ3n) is 8.02. The summed E-state index contributed by atoms with van der Waals surface area (Å²) in [5, 5.41) is 8.88. The molecular weight excluding hydrogens is 821 g/mol. The van der Waals surface area contributed by atoms with Gasteiger partial charge in [-0.05, 0) is 102 Å². The van der Waals surface area contributed by atoms with Crippen LogP contribution in [0.1, 0.15) is 57.5 Å². The number of benzene rings is 3. The second-order valence-electron chi connectivity index (χ2n) is 15.0. The highest BCUT2D eigenvalue weighted by atomic mass is 35.5. The zero-order valence-electron chi connectivity index (χ0n) is 32.8. The van der Waals surface area contributed by atoms with Gasteiger partial charge in [-0.2, -0.15) is 4.31 Å². The molecular formula is C37H47Cl2N7O9S2. The predicted molar refractivity (Wildman–Crippen MR) is 221 cm³/mol. The molecule has 0 spiro atoms. The SMILES string of the molecule is CN(c1ccc(CNC(=NC(=O)OC(C)(C)C)NC(=O)OC(C)(C)C)cc1C(=O)Nc1ccc(S(=O)(=O)N2CCN(c3cc(Cl)cc(Cl)c3)CC2)cc1)S(C)(=O)=O. The van der Waals surface area contributed by atoms with Gasteiger partial charge >= 0.3 is 12.2 Å². The summed E-state index contributed by atoms with van der Waals surface area (Å²) in [5.41, 5.74) is -0.274. The second-order valence-corrected chi connectivity index (χ2v) is 19.8. The average molecular weight is 869 g/mol. The van der Waals surface area contributed by atoms with E-state index in [4.69, 9.17) is 32.7 Å². The first-order valence-electron chi connectivity index (χ1n) is 17.6. The number of guanidine groups is 1. The zero-order valence-corrected chi connectivity index (χ0v) is 36.0. The molecule has 0 atom stereocenters. The normalized spacial score (nSPS) is 14.4. The Bertz CT molecular complexity index is 2210. The van der Waals surface area contributed by atoms with Crippen LogP contribution in [0.15, 0.2) is 70.6 Å². The monoisotopic (exact) mass is 867 g/mol. The summed E-state index contributed by atoms with van der Waals surface area (Å²) in [7, 11) is -6.41. The second kappa shape index (κ2) is 17.9. The van der Waals surface area contributed by atoms with Gasteiger partial charge in [-0.1, -0.05) is 29.3 Å². The Morgan fingerprint density at radius 3 is 1.95 bits per heavy atom. The van der Waals surface area contributed by atoms with Crippen molar-refractivity contribution in [2.24, 2.45) is 4.99 Å². The summed E-state index contributed by atoms with van der Waals surface area (Å²) in [6.45, 7) is 11.1. The Kier molecular flexibility index (Phi) is 14.2. The maximum Gasteiger partial charge on any atom is 0.437 e. The van der Waals surface area contributed by atoms with Gasteiger partial charge in [0.15, 0.2) is 0 Å². The third kappa shape index (κ3) is 13.2. The van der Waals surface area contributed by atoms with E-state index in [0.717, 1.165) is 16.2 Å². The fraction of sp³-hybridized carbons (Fsp3) is 0.405. The first-order chi connectivity index (χ1) is 26.3. The van der Waals surface area contributed by atoms with Crippen molar-refractivity contribution >= 4 is 84.4 Å². The van der Waals surface area contributed by atoms with E-state index in [1.165, 1.54) is 47.8 Å². The molecule has 3 N–H and O–H groups in total. The number of halogens is 2. The largest absolute Gasteiger partial charge is 0.444 e. The highest BCUT2D eigenvalue weighted by molar-refractivity contribution is 7.92. The smallest absolute Gasteiger partial charge is 0.437 e. The van der Waals surface area contributed by atoms with Crippen LogP contribution in [0.25, 0.3) is 0 Å². The quantitative estimate of drug-likeness (QED) is 0.167. The molecule has 1 aliphatic heterocycles. The Morgan fingerprint density at radius 1 is 0.825 bits per heavy atom. The number of sulfonamides is 2. The van der Waals surface area contributed by atoms with E-state index in [-0.39, 0.29) is 47.4 Å². The molecule has 0 aromatic heterocycles. The number of hydrogen-bond acceptors (Lipinski definition) is 10. The molecule has 57 heavy (non-hydrogen) atoms. The van der Waals surface area contributed by atoms with Gasteiger partial charge in [0.1, 0.15) is 11.2 Å². The van der Waals surface area contributed by atoms with Crippen LogP contribution in [0.2, 0.25) is 10.0 Å². The minimum atomic E-state index is -3.88. The number of hydrogen-bond donors (Lipinski definition) is 3. The number of carbonyl (C=O) groups is 3. The van der Waals surface area contributed by atoms with E-state index in [1.807, 2.05) is 4.90 Å². The molecule has 0 radical (unpaired) electrons. The lowest BCUT2D eigenvalue weighted by Gasteiger charge is -2.35. The topological polar surface area (TPSA) is 196 Å². The van der Waals surface area contributed by atoms with Crippen molar-refractivity contribution in [3.8, 4) is 0 Å². The summed E-state index contributed by atoms with van der Waals surface area (Å²) < 4.78 is 65.0. The Balaban J connectivity index is 1.52. The molecule has 4 rings (SSSR count). The van der Waals surface area contributed by atoms with Gasteiger partial charge in [0.25, 0.3) is 5.91 Å². The van der Waals surface area contributed by atoms with Crippen molar-refractivity contribution in [1.29, 1.82) is 0 Å². The van der Waals surface area contributed by atoms with Crippen LogP contribution >= 0.6 is 23.2 Å². The van der Waals surface area contributed by atoms with Gasteiger partial charge in [0, 0.05) is 61.2 Å². The highest BCUT2D eigenvalue weighted by Crippen LogP contribution is 2.29. The van der Waals surface area contributed by atoms with Crippen LogP contribution in [0.5, 0.6) is 0 Å². The summed E-state index contributed by atoms with van der Waals surface area (Å²) in [6.07, 6.45) is -0.909. The van der Waals surface area contributed by atoms with Gasteiger partial charge in [-0.3, -0.25) is 14.4 Å². The fourth-order valence-corrected chi connectivity index (χ4v) is 7.82. The molecule has 1 fully saturated rings. The number of piperazine rings is 1. The van der Waals surface area contributed by atoms with E-state index >= 15 is 0 Å². The maximum atomic E-state index is 13.8. The van der Waals surface area contributed by atoms with Gasteiger partial charge in [-0.25, -0.2) is 26.4 Å². The molecule has 3 amide bonds. The minimum Gasteiger partial charge on any atom is -0.444 e. The predicted octanol–water partition coefficient (Wildman–Crippen LogP) is 6.06. The van der Waals surface area contributed by atoms with Crippen molar-refractivity contribution in [3.63, 3.8) is 0 Å². The molecule has 20 heteroatoms. The summed E-state index contributed by atoms with van der Waals surface area (Å²) >= 11 is 12.3. The van der Waals surface area contributed by atoms with Crippen LogP contribution in [0.3, 0.4) is 0 Å². The van der Waals surface area contributed by atoms with Crippen molar-refractivity contribution in [1.82, 2.24) is 14.9 Å². The Morgan fingerprint density at radius 2 is 1.40 bits per heavy atom. The van der Waals surface area contributed by atoms with Gasteiger partial charge in [0.05, 0.1) is 22.4 Å². The molecule has 16 nitrogen and oxygen atoms in total. The van der Waals surface area contributed by atoms with E-state index in [0.29, 0.717) is 28.7 Å². The number of aliphatic imine (C=N–C) groups is 1. The molecule has 0 unspecified atom stereocenters. The molecule has 1 saturated heterocycles. The third-order valence-corrected chi connectivity index (χ3v) is 11.6. The van der Waals surface area contributed by atoms with Crippen molar-refractivity contribution in [3.05, 3.63) is 81.8 Å². The van der Waals surface area contributed by atoms with Crippen molar-refractivity contribution in [2.75, 3.05) is 54.0 Å². The lowest BCUT2D eigenvalue weighted by Crippen LogP contribution is -2.48. The first-order valence-corrected chi connectivity index (χ1v) is 21.6. The molecule has 0 aliphatic carbocycles. The standard InChI is InChI=1S/C37H47Cl2N7O9S2/c1-36(2,3)54-34(48)42-33(43-35(49)55-37(4,5)6)40-23-24-9-14-31(44(7)56(8,50)51)30(19-24)32(47)41-27-10-12-29(13-11-27)57(52,53)46-17-15-45(16-18-46)28-21-25(38)20-26(39)22-28/h9-14,19-22H,15-18,23H2,1-8H3,(H,41,47)(H2,40,42,43,48,49). The van der Waals surface area contributed by atoms with Crippen LogP contribution in [0.4, 0.5) is 26.7 Å². The van der Waals surface area contributed by atoms with E-state index in [2.05, 4.69) is 20.9 Å². The Labute approximate surface area is 343 Å². The molecule has 0 bridgehead atoms. The van der Waals surface area contributed by atoms with E-state index in [9.17, 15) is 31.2 Å². The van der Waals surface area contributed by atoms with Gasteiger partial charge in [-0.15, -0.1) is 4.99 Å². The number of nitrogens with one attached hydrogen (secondary N) is 3. The molecule has 1 aliphatic rings. The zero-order chi connectivity index (χ0) is 42.5. The number of amides is 3. The molecule has 3 aromatic rings. The molecule has 3 aromatic carbocycles. The lowest BCUT2D eigenvalue weighted by atomic mass is 10.1. The number of anilines is 3. The maximum absolute atomic E-state index is 13.8. The van der Waals surface area contributed by atoms with Crippen molar-refractivity contribution in [2.45, 2.75) is 64.2 Å². The number of nitrogens with zero attached hydrogens (tertiary/aromatic N) is 4. The minimum absolute atomic E-state index is 0.0224. The summed E-state index contributed by atoms with van der Waals surface area (Å²) in [4.78, 5) is 44.7. The molecule has 0 saturated carbocycles. The van der Waals surface area contributed by atoms with Crippen LogP contribution < -0.4 is 25.2 Å². The van der Waals surface area contributed by atoms with Crippen molar-refractivity contribution < 1.29 is 40.7 Å². The molecule has 1 heterocycles. The number of alkyl carbamates (subject to hydrolysis) is 1. The van der Waals surface area contributed by atoms with E-state index in [1.54, 1.807) is 65.8 Å². The van der Waals surface area contributed by atoms with Gasteiger partial charge in [0.2, 0.25) is 26.0 Å². The summed E-state index contributed by atoms with van der Waals surface area (Å²) in [5.74, 6) is -1.01. The lowest BCUT2D eigenvalue weighted by molar-refractivity contribution is 0.0560. The van der Waals surface area contributed by atoms with Crippen LogP contribution in [-0.4, -0.2) is 95.9 Å². The average Bonchev–Trinajstić information content (AvgIpc) is 3.08. The van der Waals surface area contributed by atoms with Gasteiger partial charge < -0.3 is 25.0 Å². The number of ether oxygens (including phenoxy) is 2. The number of rotatable bonds is 9. The van der Waals surface area contributed by atoms with E-state index < -0.39 is 49.3 Å². The first kappa shape index (κ1) is 45.1. The van der Waals surface area contributed by atoms with Crippen LogP contribution in [0, 0.1) is 0 Å². The fourth-order valence-electron chi connectivity index (χ4n) is 5.37. The molecule has 310 valence electrons. The highest BCUT2D eigenvalue weighted by Gasteiger charge is 2.29. The van der Waals surface area contributed by atoms with Crippen LogP contribution in [-0.2, 0) is 36.1 Å². The summed E-state index contributed by atoms with van der Waals surface area (Å²) in [6, 6.07) is 15.2.